The Bertz CT molecular complexity index is 1410. The summed E-state index contributed by atoms with van der Waals surface area (Å²) in [5, 5.41) is -1.26. The lowest BCUT2D eigenvalue weighted by Crippen LogP contribution is -2.45. The molecule has 0 saturated heterocycles. The van der Waals surface area contributed by atoms with Crippen molar-refractivity contribution in [2.45, 2.75) is 74.1 Å². The maximum absolute atomic E-state index is 14.8. The first-order valence-electron chi connectivity index (χ1n) is 14.7. The van der Waals surface area contributed by atoms with E-state index in [0.29, 0.717) is 12.1 Å². The Morgan fingerprint density at radius 2 is 1.66 bits per heavy atom. The summed E-state index contributed by atoms with van der Waals surface area (Å²) in [6.07, 6.45) is 6.06. The highest BCUT2D eigenvalue weighted by Gasteiger charge is 2.43. The van der Waals surface area contributed by atoms with Crippen LogP contribution in [0.1, 0.15) is 61.1 Å². The van der Waals surface area contributed by atoms with Gasteiger partial charge in [0.05, 0.1) is 12.5 Å². The third-order valence-corrected chi connectivity index (χ3v) is 10.1. The third-order valence-electron chi connectivity index (χ3n) is 8.01. The van der Waals surface area contributed by atoms with Crippen LogP contribution < -0.4 is 9.64 Å². The number of nitrogens with zero attached hydrogens (tertiary/aromatic N) is 2. The molecule has 0 bridgehead atoms. The quantitative estimate of drug-likeness (QED) is 0.193. The highest BCUT2D eigenvalue weighted by atomic mass is 35.5. The number of anilines is 1. The Morgan fingerprint density at radius 1 is 1.05 bits per heavy atom. The molecule has 9 heteroatoms. The van der Waals surface area contributed by atoms with Gasteiger partial charge in [-0.25, -0.2) is 4.39 Å². The van der Waals surface area contributed by atoms with Crippen molar-refractivity contribution in [2.24, 2.45) is 0 Å². The number of thioether (sulfide) groups is 1. The summed E-state index contributed by atoms with van der Waals surface area (Å²) >= 11 is 8.24. The number of benzene rings is 3. The molecular formula is C35H42ClFN2O4S. The van der Waals surface area contributed by atoms with Gasteiger partial charge in [-0.15, -0.1) is 23.4 Å². The summed E-state index contributed by atoms with van der Waals surface area (Å²) in [5.41, 5.74) is 5.69. The van der Waals surface area contributed by atoms with Gasteiger partial charge in [-0.1, -0.05) is 43.5 Å². The molecule has 1 aliphatic heterocycles. The number of hydrogen-bond acceptors (Lipinski definition) is 6. The Hall–Kier alpha value is -3.36. The van der Waals surface area contributed by atoms with Crippen molar-refractivity contribution in [1.29, 1.82) is 0 Å². The molecule has 1 amide bonds. The van der Waals surface area contributed by atoms with Gasteiger partial charge >= 0.3 is 0 Å². The number of carbonyl (C=O) groups excluding carboxylic acids is 3. The van der Waals surface area contributed by atoms with Crippen LogP contribution in [-0.2, 0) is 20.9 Å². The lowest BCUT2D eigenvalue weighted by atomic mass is 9.93. The largest absolute Gasteiger partial charge is 0.496 e. The van der Waals surface area contributed by atoms with Gasteiger partial charge in [0.25, 0.3) is 0 Å². The molecule has 2 atom stereocenters. The number of carbonyl (C=O) groups is 3. The van der Waals surface area contributed by atoms with Gasteiger partial charge in [-0.3, -0.25) is 4.79 Å². The number of aryl methyl sites for hydroxylation is 1. The molecule has 0 spiro atoms. The maximum Gasteiger partial charge on any atom is 0.238 e. The second kappa shape index (κ2) is 16.6. The molecule has 1 saturated carbocycles. The topological polar surface area (TPSA) is 66.9 Å². The summed E-state index contributed by atoms with van der Waals surface area (Å²) in [7, 11) is 5.72. The number of halogens is 2. The average Bonchev–Trinajstić information content (AvgIpc) is 3.41. The first-order chi connectivity index (χ1) is 21.2. The van der Waals surface area contributed by atoms with E-state index in [1.165, 1.54) is 31.2 Å². The number of fused-ring (bicyclic) bond motifs is 1. The molecule has 5 rings (SSSR count). The number of alkyl halides is 1. The van der Waals surface area contributed by atoms with Crippen molar-refractivity contribution in [3.05, 3.63) is 77.1 Å². The molecule has 236 valence electrons. The van der Waals surface area contributed by atoms with Crippen LogP contribution in [0.15, 0.2) is 59.5 Å². The van der Waals surface area contributed by atoms with E-state index in [2.05, 4.69) is 41.3 Å². The fourth-order valence-electron chi connectivity index (χ4n) is 5.77. The average molecular weight is 641 g/mol. The molecule has 44 heavy (non-hydrogen) atoms. The van der Waals surface area contributed by atoms with E-state index < -0.39 is 10.6 Å². The fourth-order valence-corrected chi connectivity index (χ4v) is 7.66. The van der Waals surface area contributed by atoms with E-state index in [1.807, 2.05) is 38.8 Å². The van der Waals surface area contributed by atoms with Gasteiger partial charge in [-0.05, 0) is 73.7 Å². The van der Waals surface area contributed by atoms with Gasteiger partial charge in [-0.2, -0.15) is 0 Å². The molecule has 3 aromatic carbocycles. The third kappa shape index (κ3) is 8.02. The fraction of sp³-hybridized carbons (Fsp3) is 0.400. The Labute approximate surface area is 269 Å². The summed E-state index contributed by atoms with van der Waals surface area (Å²) in [4.78, 5) is 35.9. The summed E-state index contributed by atoms with van der Waals surface area (Å²) in [6.45, 7) is 5.82. The van der Waals surface area contributed by atoms with Crippen LogP contribution >= 0.6 is 23.4 Å². The minimum absolute atomic E-state index is 0.0234. The van der Waals surface area contributed by atoms with Crippen LogP contribution in [-0.4, -0.2) is 56.4 Å². The zero-order valence-corrected chi connectivity index (χ0v) is 27.7. The van der Waals surface area contributed by atoms with Crippen molar-refractivity contribution < 1.29 is 23.5 Å². The molecule has 0 radical (unpaired) electrons. The summed E-state index contributed by atoms with van der Waals surface area (Å²) in [6, 6.07) is 18.0. The SMILES string of the molecule is C=O.CC=O.COc1ccc(-c2ccc(N(C)C)cc2)cc1CN(C(=O)C1Sc2c(C)ccc(F)c2C1Cl)C1CCCCC1. The predicted molar refractivity (Wildman–Crippen MR) is 178 cm³/mol. The lowest BCUT2D eigenvalue weighted by molar-refractivity contribution is -0.134. The molecule has 0 N–H and O–H groups in total. The van der Waals surface area contributed by atoms with Crippen LogP contribution in [0.3, 0.4) is 0 Å². The standard InChI is InChI=1S/C32H36ClFN2O2S.C2H4O.CH2O/c1-20-10-16-26(34)28-29(33)31(39-30(20)28)32(37)36(25-8-6-5-7-9-25)19-23-18-22(13-17-27(23)38-4)21-11-14-24(15-12-21)35(2)3;1-2-3;1-2/h10-18,25,29,31H,5-9,19H2,1-4H3;2H,1H3;1H2. The second-order valence-corrected chi connectivity index (χ2v) is 12.6. The predicted octanol–water partition coefficient (Wildman–Crippen LogP) is 8.01. The molecule has 1 aliphatic carbocycles. The van der Waals surface area contributed by atoms with Crippen molar-refractivity contribution >= 4 is 48.0 Å². The smallest absolute Gasteiger partial charge is 0.238 e. The monoisotopic (exact) mass is 640 g/mol. The number of ether oxygens (including phenoxy) is 1. The zero-order chi connectivity index (χ0) is 32.4. The Kier molecular flexibility index (Phi) is 13.3. The van der Waals surface area contributed by atoms with Gasteiger partial charge in [0.2, 0.25) is 5.91 Å². The maximum atomic E-state index is 14.8. The number of aldehydes is 1. The van der Waals surface area contributed by atoms with E-state index in [9.17, 15) is 9.18 Å². The molecule has 1 heterocycles. The van der Waals surface area contributed by atoms with Crippen LogP contribution in [0, 0.1) is 12.7 Å². The van der Waals surface area contributed by atoms with E-state index in [0.717, 1.165) is 70.6 Å². The van der Waals surface area contributed by atoms with E-state index in [1.54, 1.807) is 13.2 Å². The molecule has 2 unspecified atom stereocenters. The van der Waals surface area contributed by atoms with Crippen molar-refractivity contribution in [1.82, 2.24) is 4.90 Å². The normalized spacial score (nSPS) is 17.2. The molecule has 1 fully saturated rings. The van der Waals surface area contributed by atoms with Crippen molar-refractivity contribution in [2.75, 3.05) is 26.1 Å². The van der Waals surface area contributed by atoms with E-state index >= 15 is 0 Å². The van der Waals surface area contributed by atoms with Crippen LogP contribution in [0.4, 0.5) is 10.1 Å². The number of rotatable bonds is 7. The molecule has 6 nitrogen and oxygen atoms in total. The minimum Gasteiger partial charge on any atom is -0.496 e. The van der Waals surface area contributed by atoms with Crippen LogP contribution in [0.25, 0.3) is 11.1 Å². The number of methoxy groups -OCH3 is 1. The van der Waals surface area contributed by atoms with Gasteiger partial charge < -0.3 is 24.1 Å². The molecule has 0 aromatic heterocycles. The van der Waals surface area contributed by atoms with Gasteiger partial charge in [0.1, 0.15) is 29.9 Å². The van der Waals surface area contributed by atoms with E-state index in [-0.39, 0.29) is 17.8 Å². The van der Waals surface area contributed by atoms with Crippen LogP contribution in [0.2, 0.25) is 0 Å². The highest BCUT2D eigenvalue weighted by Crippen LogP contribution is 2.51. The molecular weight excluding hydrogens is 599 g/mol. The number of hydrogen-bond donors (Lipinski definition) is 0. The lowest BCUT2D eigenvalue weighted by Gasteiger charge is -2.36. The van der Waals surface area contributed by atoms with Crippen molar-refractivity contribution in [3.63, 3.8) is 0 Å². The summed E-state index contributed by atoms with van der Waals surface area (Å²) in [5.74, 6) is 0.394. The zero-order valence-electron chi connectivity index (χ0n) is 26.1. The molecule has 3 aromatic rings. The van der Waals surface area contributed by atoms with Gasteiger partial charge in [0.15, 0.2) is 0 Å². The first kappa shape index (κ1) is 35.1. The Morgan fingerprint density at radius 3 is 2.23 bits per heavy atom. The Balaban J connectivity index is 0.000000997. The first-order valence-corrected chi connectivity index (χ1v) is 16.0. The minimum atomic E-state index is -0.702. The molecule has 2 aliphatic rings. The van der Waals surface area contributed by atoms with Crippen molar-refractivity contribution in [3.8, 4) is 16.9 Å². The second-order valence-electron chi connectivity index (χ2n) is 11.0. The van der Waals surface area contributed by atoms with Gasteiger partial charge in [0, 0.05) is 48.4 Å². The van der Waals surface area contributed by atoms with E-state index in [4.69, 9.17) is 25.9 Å². The highest BCUT2D eigenvalue weighted by molar-refractivity contribution is 8.01. The number of amides is 1. The summed E-state index contributed by atoms with van der Waals surface area (Å²) < 4.78 is 20.6. The van der Waals surface area contributed by atoms with Crippen LogP contribution in [0.5, 0.6) is 5.75 Å².